The van der Waals surface area contributed by atoms with Crippen LogP contribution in [0.4, 0.5) is 5.69 Å². The maximum Gasteiger partial charge on any atom is 0.246 e. The van der Waals surface area contributed by atoms with Gasteiger partial charge in [-0.1, -0.05) is 12.1 Å². The van der Waals surface area contributed by atoms with Gasteiger partial charge in [-0.05, 0) is 19.1 Å². The van der Waals surface area contributed by atoms with Gasteiger partial charge in [0.05, 0.1) is 10.7 Å². The molecule has 0 aliphatic carbocycles. The van der Waals surface area contributed by atoms with Crippen LogP contribution in [0, 0.1) is 6.92 Å². The van der Waals surface area contributed by atoms with Crippen LogP contribution < -0.4 is 4.72 Å². The molecule has 0 saturated heterocycles. The molecule has 0 unspecified atom stereocenters. The molecule has 0 fully saturated rings. The lowest BCUT2D eigenvalue weighted by Gasteiger charge is -2.05. The highest BCUT2D eigenvalue weighted by atomic mass is 35.5. The van der Waals surface area contributed by atoms with Crippen LogP contribution in [-0.2, 0) is 10.0 Å². The van der Waals surface area contributed by atoms with Crippen molar-refractivity contribution in [1.82, 2.24) is 4.98 Å². The van der Waals surface area contributed by atoms with Crippen LogP contribution in [0.2, 0.25) is 0 Å². The number of hydrogen-bond donors (Lipinski definition) is 1. The van der Waals surface area contributed by atoms with Gasteiger partial charge in [0, 0.05) is 16.6 Å². The predicted octanol–water partition coefficient (Wildman–Crippen LogP) is 3.06. The Bertz CT molecular complexity index is 635. The second kappa shape index (κ2) is 5.26. The van der Waals surface area contributed by atoms with Crippen LogP contribution in [0.3, 0.4) is 0 Å². The van der Waals surface area contributed by atoms with E-state index in [4.69, 9.17) is 11.6 Å². The van der Waals surface area contributed by atoms with E-state index in [1.165, 1.54) is 0 Å². The molecule has 4 nitrogen and oxygen atoms in total. The molecule has 0 radical (unpaired) electrons. The summed E-state index contributed by atoms with van der Waals surface area (Å²) in [6.45, 7) is 1.94. The third-order valence-electron chi connectivity index (χ3n) is 2.22. The quantitative estimate of drug-likeness (QED) is 0.883. The zero-order valence-electron chi connectivity index (χ0n) is 9.55. The largest absolute Gasteiger partial charge is 0.283 e. The molecule has 0 aliphatic rings. The minimum absolute atomic E-state index is 0.458. The maximum atomic E-state index is 11.3. The smallest absolute Gasteiger partial charge is 0.246 e. The fourth-order valence-electron chi connectivity index (χ4n) is 1.41. The summed E-state index contributed by atoms with van der Waals surface area (Å²) < 4.78 is 24.9. The number of anilines is 1. The number of sulfonamides is 1. The fourth-order valence-corrected chi connectivity index (χ4v) is 2.75. The number of rotatable bonds is 4. The third kappa shape index (κ3) is 3.22. The van der Waals surface area contributed by atoms with Crippen LogP contribution in [0.1, 0.15) is 5.01 Å². The topological polar surface area (TPSA) is 59.1 Å². The molecule has 1 aromatic carbocycles. The Labute approximate surface area is 115 Å². The average Bonchev–Trinajstić information content (AvgIpc) is 2.76. The Morgan fingerprint density at radius 1 is 1.33 bits per heavy atom. The molecule has 96 valence electrons. The van der Waals surface area contributed by atoms with E-state index < -0.39 is 15.2 Å². The van der Waals surface area contributed by atoms with Gasteiger partial charge in [-0.15, -0.1) is 22.9 Å². The van der Waals surface area contributed by atoms with Gasteiger partial charge >= 0.3 is 0 Å². The number of benzene rings is 1. The van der Waals surface area contributed by atoms with Crippen LogP contribution in [-0.4, -0.2) is 18.6 Å². The van der Waals surface area contributed by atoms with E-state index in [2.05, 4.69) is 9.71 Å². The standard InChI is InChI=1S/C11H11ClN2O2S2/c1-8-13-11(6-17-8)9-2-4-10(5-3-9)14-18(15,16)7-12/h2-6,14H,7H2,1H3. The summed E-state index contributed by atoms with van der Waals surface area (Å²) in [4.78, 5) is 4.36. The highest BCUT2D eigenvalue weighted by molar-refractivity contribution is 7.93. The number of thiazole rings is 1. The Balaban J connectivity index is 2.20. The highest BCUT2D eigenvalue weighted by Crippen LogP contribution is 2.23. The minimum Gasteiger partial charge on any atom is -0.283 e. The molecule has 18 heavy (non-hydrogen) atoms. The van der Waals surface area contributed by atoms with E-state index in [-0.39, 0.29) is 0 Å². The summed E-state index contributed by atoms with van der Waals surface area (Å²) in [5, 5.41) is 2.50. The Morgan fingerprint density at radius 3 is 2.50 bits per heavy atom. The van der Waals surface area contributed by atoms with E-state index in [9.17, 15) is 8.42 Å². The molecule has 0 bridgehead atoms. The summed E-state index contributed by atoms with van der Waals surface area (Å²) in [5.41, 5.74) is 2.34. The molecular formula is C11H11ClN2O2S2. The fraction of sp³-hybridized carbons (Fsp3) is 0.182. The third-order valence-corrected chi connectivity index (χ3v) is 4.69. The molecule has 7 heteroatoms. The van der Waals surface area contributed by atoms with Gasteiger partial charge in [0.15, 0.2) is 0 Å². The number of halogens is 1. The lowest BCUT2D eigenvalue weighted by atomic mass is 10.1. The first kappa shape index (κ1) is 13.3. The second-order valence-electron chi connectivity index (χ2n) is 3.66. The maximum absolute atomic E-state index is 11.3. The average molecular weight is 303 g/mol. The lowest BCUT2D eigenvalue weighted by Crippen LogP contribution is -2.13. The van der Waals surface area contributed by atoms with E-state index in [0.717, 1.165) is 16.3 Å². The summed E-state index contributed by atoms with van der Waals surface area (Å²) in [5.74, 6) is 0. The number of nitrogens with one attached hydrogen (secondary N) is 1. The van der Waals surface area contributed by atoms with Crippen LogP contribution in [0.25, 0.3) is 11.3 Å². The molecule has 2 aromatic rings. The lowest BCUT2D eigenvalue weighted by molar-refractivity contribution is 0.605. The van der Waals surface area contributed by atoms with Gasteiger partial charge in [-0.2, -0.15) is 0 Å². The van der Waals surface area contributed by atoms with Crippen molar-refractivity contribution < 1.29 is 8.42 Å². The van der Waals surface area contributed by atoms with Crippen molar-refractivity contribution in [2.45, 2.75) is 6.92 Å². The van der Waals surface area contributed by atoms with Crippen LogP contribution in [0.5, 0.6) is 0 Å². The summed E-state index contributed by atoms with van der Waals surface area (Å²) in [6, 6.07) is 7.02. The number of aromatic nitrogens is 1. The molecule has 0 aliphatic heterocycles. The van der Waals surface area contributed by atoms with Crippen molar-refractivity contribution in [3.05, 3.63) is 34.7 Å². The van der Waals surface area contributed by atoms with Gasteiger partial charge in [0.2, 0.25) is 10.0 Å². The SMILES string of the molecule is Cc1nc(-c2ccc(NS(=O)(=O)CCl)cc2)cs1. The van der Waals surface area contributed by atoms with Crippen molar-refractivity contribution >= 4 is 38.6 Å². The predicted molar refractivity (Wildman–Crippen MR) is 75.5 cm³/mol. The van der Waals surface area contributed by atoms with E-state index in [1.54, 1.807) is 23.5 Å². The first-order chi connectivity index (χ1) is 8.50. The molecule has 2 rings (SSSR count). The summed E-state index contributed by atoms with van der Waals surface area (Å²) in [6.07, 6.45) is 0. The van der Waals surface area contributed by atoms with Gasteiger partial charge in [0.1, 0.15) is 5.21 Å². The summed E-state index contributed by atoms with van der Waals surface area (Å²) in [7, 11) is -3.44. The molecule has 1 heterocycles. The van der Waals surface area contributed by atoms with Crippen molar-refractivity contribution in [3.8, 4) is 11.3 Å². The first-order valence-corrected chi connectivity index (χ1v) is 8.16. The highest BCUT2D eigenvalue weighted by Gasteiger charge is 2.08. The summed E-state index contributed by atoms with van der Waals surface area (Å²) >= 11 is 6.89. The first-order valence-electron chi connectivity index (χ1n) is 5.09. The van der Waals surface area contributed by atoms with E-state index in [0.29, 0.717) is 5.69 Å². The molecule has 1 N–H and O–H groups in total. The van der Waals surface area contributed by atoms with Crippen molar-refractivity contribution in [3.63, 3.8) is 0 Å². The van der Waals surface area contributed by atoms with E-state index >= 15 is 0 Å². The number of hydrogen-bond acceptors (Lipinski definition) is 4. The Morgan fingerprint density at radius 2 is 2.00 bits per heavy atom. The molecular weight excluding hydrogens is 292 g/mol. The molecule has 0 amide bonds. The van der Waals surface area contributed by atoms with Crippen molar-refractivity contribution in [2.24, 2.45) is 0 Å². The van der Waals surface area contributed by atoms with Gasteiger partial charge in [-0.25, -0.2) is 13.4 Å². The zero-order valence-corrected chi connectivity index (χ0v) is 11.9. The van der Waals surface area contributed by atoms with Crippen LogP contribution in [0.15, 0.2) is 29.6 Å². The van der Waals surface area contributed by atoms with Gasteiger partial charge in [-0.3, -0.25) is 4.72 Å². The Kier molecular flexibility index (Phi) is 3.89. The molecule has 0 saturated carbocycles. The van der Waals surface area contributed by atoms with Gasteiger partial charge < -0.3 is 0 Å². The van der Waals surface area contributed by atoms with Crippen LogP contribution >= 0.6 is 22.9 Å². The zero-order chi connectivity index (χ0) is 13.2. The molecule has 0 spiro atoms. The number of aryl methyl sites for hydroxylation is 1. The van der Waals surface area contributed by atoms with Crippen molar-refractivity contribution in [2.75, 3.05) is 9.93 Å². The van der Waals surface area contributed by atoms with E-state index in [1.807, 2.05) is 24.4 Å². The normalized spacial score (nSPS) is 11.4. The number of alkyl halides is 1. The molecule has 0 atom stereocenters. The van der Waals surface area contributed by atoms with Gasteiger partial charge in [0.25, 0.3) is 0 Å². The number of nitrogens with zero attached hydrogens (tertiary/aromatic N) is 1. The minimum atomic E-state index is -3.44. The second-order valence-corrected chi connectivity index (χ2v) is 7.02. The molecule has 1 aromatic heterocycles. The van der Waals surface area contributed by atoms with Crippen molar-refractivity contribution in [1.29, 1.82) is 0 Å². The Hall–Kier alpha value is -1.11. The monoisotopic (exact) mass is 302 g/mol.